The highest BCUT2D eigenvalue weighted by atomic mass is 19.4. The van der Waals surface area contributed by atoms with Crippen LogP contribution in [0.5, 0.6) is 0 Å². The standard InChI is InChI=1S/C25H32F3N7O/c1-24(2,3)23-30-20(25(26,27)28)17-21(31-23)34-14-12-33(13-15-34)10-7-5-9-29-22(36)19-16-18-8-4-6-11-35(18)32-19/h4,6,8,11,16-17H,5,7,9-10,12-15H2,1-3H3,(H,29,36). The molecule has 1 N–H and O–H groups in total. The zero-order valence-corrected chi connectivity index (χ0v) is 20.8. The maximum Gasteiger partial charge on any atom is 0.433 e. The number of aromatic nitrogens is 4. The van der Waals surface area contributed by atoms with Crippen LogP contribution in [0.1, 0.15) is 55.6 Å². The smallest absolute Gasteiger partial charge is 0.354 e. The molecule has 0 spiro atoms. The first-order valence-electron chi connectivity index (χ1n) is 12.2. The Bertz CT molecular complexity index is 1130. The average Bonchev–Trinajstić information content (AvgIpc) is 3.27. The molecule has 3 aromatic heterocycles. The molecule has 1 fully saturated rings. The Labute approximate surface area is 208 Å². The largest absolute Gasteiger partial charge is 0.433 e. The molecule has 0 aliphatic carbocycles. The van der Waals surface area contributed by atoms with Gasteiger partial charge in [-0.15, -0.1) is 0 Å². The molecule has 4 heterocycles. The summed E-state index contributed by atoms with van der Waals surface area (Å²) in [6, 6.07) is 8.46. The van der Waals surface area contributed by atoms with Gasteiger partial charge in [-0.2, -0.15) is 18.3 Å². The lowest BCUT2D eigenvalue weighted by Gasteiger charge is -2.36. The molecule has 0 bridgehead atoms. The number of amides is 1. The van der Waals surface area contributed by atoms with Gasteiger partial charge in [-0.25, -0.2) is 14.5 Å². The third-order valence-electron chi connectivity index (χ3n) is 6.16. The van der Waals surface area contributed by atoms with Crippen LogP contribution < -0.4 is 10.2 Å². The number of fused-ring (bicyclic) bond motifs is 1. The summed E-state index contributed by atoms with van der Waals surface area (Å²) in [7, 11) is 0. The van der Waals surface area contributed by atoms with E-state index >= 15 is 0 Å². The van der Waals surface area contributed by atoms with Gasteiger partial charge in [0.2, 0.25) is 0 Å². The number of halogens is 3. The first-order valence-corrected chi connectivity index (χ1v) is 12.2. The molecule has 0 atom stereocenters. The fraction of sp³-hybridized carbons (Fsp3) is 0.520. The molecule has 0 unspecified atom stereocenters. The van der Waals surface area contributed by atoms with Crippen molar-refractivity contribution >= 4 is 17.2 Å². The molecule has 4 rings (SSSR count). The van der Waals surface area contributed by atoms with Crippen molar-refractivity contribution in [3.8, 4) is 0 Å². The van der Waals surface area contributed by atoms with Gasteiger partial charge in [-0.1, -0.05) is 26.8 Å². The number of nitrogens with zero attached hydrogens (tertiary/aromatic N) is 6. The van der Waals surface area contributed by atoms with Gasteiger partial charge in [0.15, 0.2) is 5.69 Å². The van der Waals surface area contributed by atoms with Crippen LogP contribution in [0.4, 0.5) is 19.0 Å². The first kappa shape index (κ1) is 25.9. The van der Waals surface area contributed by atoms with E-state index in [4.69, 9.17) is 0 Å². The number of carbonyl (C=O) groups is 1. The topological polar surface area (TPSA) is 78.7 Å². The minimum atomic E-state index is -4.51. The summed E-state index contributed by atoms with van der Waals surface area (Å²) in [5.41, 5.74) is -0.220. The highest BCUT2D eigenvalue weighted by Crippen LogP contribution is 2.32. The van der Waals surface area contributed by atoms with E-state index in [2.05, 4.69) is 25.3 Å². The van der Waals surface area contributed by atoms with Crippen LogP contribution in [-0.4, -0.2) is 69.7 Å². The Morgan fingerprint density at radius 1 is 1.03 bits per heavy atom. The van der Waals surface area contributed by atoms with Gasteiger partial charge < -0.3 is 10.2 Å². The Morgan fingerprint density at radius 2 is 1.78 bits per heavy atom. The normalized spacial score (nSPS) is 15.4. The third-order valence-corrected chi connectivity index (χ3v) is 6.16. The van der Waals surface area contributed by atoms with Crippen molar-refractivity contribution in [2.24, 2.45) is 0 Å². The van der Waals surface area contributed by atoms with E-state index in [0.717, 1.165) is 44.1 Å². The van der Waals surface area contributed by atoms with Crippen molar-refractivity contribution in [3.05, 3.63) is 53.7 Å². The van der Waals surface area contributed by atoms with Gasteiger partial charge in [-0.3, -0.25) is 9.69 Å². The number of carbonyl (C=O) groups excluding carboxylic acids is 1. The molecule has 1 saturated heterocycles. The monoisotopic (exact) mass is 503 g/mol. The van der Waals surface area contributed by atoms with E-state index in [1.807, 2.05) is 43.9 Å². The van der Waals surface area contributed by atoms with Crippen molar-refractivity contribution in [2.45, 2.75) is 45.2 Å². The van der Waals surface area contributed by atoms with E-state index in [1.165, 1.54) is 0 Å². The number of pyridine rings is 1. The minimum Gasteiger partial charge on any atom is -0.354 e. The number of piperazine rings is 1. The summed E-state index contributed by atoms with van der Waals surface area (Å²) in [5.74, 6) is 0.335. The maximum absolute atomic E-state index is 13.4. The summed E-state index contributed by atoms with van der Waals surface area (Å²) in [6.07, 6.45) is -0.976. The van der Waals surface area contributed by atoms with E-state index in [9.17, 15) is 18.0 Å². The van der Waals surface area contributed by atoms with Crippen LogP contribution in [0.2, 0.25) is 0 Å². The number of hydrogen-bond acceptors (Lipinski definition) is 6. The van der Waals surface area contributed by atoms with Crippen molar-refractivity contribution in [1.29, 1.82) is 0 Å². The van der Waals surface area contributed by atoms with Crippen molar-refractivity contribution in [3.63, 3.8) is 0 Å². The van der Waals surface area contributed by atoms with Gasteiger partial charge in [0, 0.05) is 50.4 Å². The molecule has 3 aromatic rings. The van der Waals surface area contributed by atoms with Crippen LogP contribution in [-0.2, 0) is 11.6 Å². The molecular formula is C25H32F3N7O. The SMILES string of the molecule is CC(C)(C)c1nc(N2CCN(CCCCNC(=O)c3cc4ccccn4n3)CC2)cc(C(F)(F)F)n1. The van der Waals surface area contributed by atoms with Crippen molar-refractivity contribution in [1.82, 2.24) is 29.8 Å². The number of unbranched alkanes of at least 4 members (excludes halogenated alkanes) is 1. The van der Waals surface area contributed by atoms with Gasteiger partial charge >= 0.3 is 6.18 Å². The molecule has 194 valence electrons. The van der Waals surface area contributed by atoms with Crippen LogP contribution in [0.3, 0.4) is 0 Å². The maximum atomic E-state index is 13.4. The van der Waals surface area contributed by atoms with E-state index < -0.39 is 17.3 Å². The van der Waals surface area contributed by atoms with E-state index in [1.54, 1.807) is 16.8 Å². The molecule has 1 aliphatic heterocycles. The van der Waals surface area contributed by atoms with Crippen LogP contribution >= 0.6 is 0 Å². The van der Waals surface area contributed by atoms with Gasteiger partial charge in [0.05, 0.1) is 5.52 Å². The lowest BCUT2D eigenvalue weighted by atomic mass is 9.95. The second-order valence-electron chi connectivity index (χ2n) is 10.1. The Balaban J connectivity index is 1.22. The second kappa shape index (κ2) is 10.4. The van der Waals surface area contributed by atoms with Crippen LogP contribution in [0.25, 0.3) is 5.52 Å². The van der Waals surface area contributed by atoms with Gasteiger partial charge in [0.25, 0.3) is 5.91 Å². The fourth-order valence-electron chi connectivity index (χ4n) is 4.08. The molecule has 0 aromatic carbocycles. The third kappa shape index (κ3) is 6.31. The van der Waals surface area contributed by atoms with Crippen molar-refractivity contribution < 1.29 is 18.0 Å². The Morgan fingerprint density at radius 3 is 2.44 bits per heavy atom. The lowest BCUT2D eigenvalue weighted by Crippen LogP contribution is -2.47. The molecule has 0 saturated carbocycles. The molecule has 1 amide bonds. The van der Waals surface area contributed by atoms with E-state index in [-0.39, 0.29) is 11.7 Å². The highest BCUT2D eigenvalue weighted by molar-refractivity contribution is 5.93. The van der Waals surface area contributed by atoms with E-state index in [0.29, 0.717) is 31.1 Å². The number of rotatable bonds is 7. The Hall–Kier alpha value is -3.21. The molecule has 11 heteroatoms. The first-order chi connectivity index (χ1) is 17.0. The van der Waals surface area contributed by atoms with Gasteiger partial charge in [-0.05, 0) is 37.6 Å². The number of alkyl halides is 3. The predicted molar refractivity (Wildman–Crippen MR) is 131 cm³/mol. The fourth-order valence-corrected chi connectivity index (χ4v) is 4.08. The predicted octanol–water partition coefficient (Wildman–Crippen LogP) is 3.77. The molecule has 0 radical (unpaired) electrons. The second-order valence-corrected chi connectivity index (χ2v) is 10.1. The molecule has 36 heavy (non-hydrogen) atoms. The highest BCUT2D eigenvalue weighted by Gasteiger charge is 2.36. The minimum absolute atomic E-state index is 0.190. The molecular weight excluding hydrogens is 471 g/mol. The lowest BCUT2D eigenvalue weighted by molar-refractivity contribution is -0.141. The quantitative estimate of drug-likeness (QED) is 0.495. The average molecular weight is 504 g/mol. The summed E-state index contributed by atoms with van der Waals surface area (Å²) in [5, 5.41) is 7.19. The number of anilines is 1. The van der Waals surface area contributed by atoms with Gasteiger partial charge in [0.1, 0.15) is 17.3 Å². The molecule has 8 nitrogen and oxygen atoms in total. The Kier molecular flexibility index (Phi) is 7.49. The summed E-state index contributed by atoms with van der Waals surface area (Å²) < 4.78 is 41.9. The number of nitrogens with one attached hydrogen (secondary N) is 1. The van der Waals surface area contributed by atoms with Crippen LogP contribution in [0.15, 0.2) is 36.5 Å². The number of hydrogen-bond donors (Lipinski definition) is 1. The molecule has 1 aliphatic rings. The zero-order chi connectivity index (χ0) is 25.9. The summed E-state index contributed by atoms with van der Waals surface area (Å²) in [6.45, 7) is 9.53. The van der Waals surface area contributed by atoms with Crippen molar-refractivity contribution in [2.75, 3.05) is 44.2 Å². The zero-order valence-electron chi connectivity index (χ0n) is 20.8. The van der Waals surface area contributed by atoms with Crippen LogP contribution in [0, 0.1) is 0 Å². The summed E-state index contributed by atoms with van der Waals surface area (Å²) in [4.78, 5) is 24.8. The summed E-state index contributed by atoms with van der Waals surface area (Å²) >= 11 is 0.